The minimum absolute atomic E-state index is 0.0635. The van der Waals surface area contributed by atoms with Crippen LogP contribution in [0.1, 0.15) is 34.2 Å². The Morgan fingerprint density at radius 2 is 2.04 bits per heavy atom. The summed E-state index contributed by atoms with van der Waals surface area (Å²) in [4.78, 5) is 15.1. The molecule has 1 aliphatic heterocycles. The van der Waals surface area contributed by atoms with Gasteiger partial charge < -0.3 is 10.0 Å². The third-order valence-electron chi connectivity index (χ3n) is 4.28. The van der Waals surface area contributed by atoms with Gasteiger partial charge in [0.05, 0.1) is 16.7 Å². The zero-order valence-corrected chi connectivity index (χ0v) is 14.0. The number of thiophene rings is 1. The van der Waals surface area contributed by atoms with Crippen LogP contribution in [0.25, 0.3) is 0 Å². The van der Waals surface area contributed by atoms with Gasteiger partial charge in [0.2, 0.25) is 0 Å². The Balaban J connectivity index is 1.66. The fourth-order valence-corrected chi connectivity index (χ4v) is 4.02. The Kier molecular flexibility index (Phi) is 4.99. The van der Waals surface area contributed by atoms with Crippen LogP contribution in [0.4, 0.5) is 4.39 Å². The number of aliphatic hydroxyl groups excluding tert-OH is 1. The molecule has 0 spiro atoms. The van der Waals surface area contributed by atoms with Crippen LogP contribution < -0.4 is 0 Å². The van der Waals surface area contributed by atoms with Crippen LogP contribution in [0.5, 0.6) is 0 Å². The molecule has 0 saturated carbocycles. The number of hydrogen-bond donors (Lipinski definition) is 1. The van der Waals surface area contributed by atoms with Gasteiger partial charge in [0, 0.05) is 18.0 Å². The molecule has 1 saturated heterocycles. The first kappa shape index (κ1) is 16.4. The molecular formula is C17H17ClFNO2S. The number of carbonyl (C=O) groups is 1. The van der Waals surface area contributed by atoms with E-state index in [1.54, 1.807) is 4.90 Å². The number of benzene rings is 1. The Bertz CT molecular complexity index is 664. The molecule has 23 heavy (non-hydrogen) atoms. The molecule has 3 rings (SSSR count). The first-order chi connectivity index (χ1) is 11.1. The number of nitrogens with zero attached hydrogens (tertiary/aromatic N) is 1. The minimum atomic E-state index is -0.594. The van der Waals surface area contributed by atoms with E-state index < -0.39 is 11.9 Å². The van der Waals surface area contributed by atoms with E-state index in [0.29, 0.717) is 25.9 Å². The highest BCUT2D eigenvalue weighted by Gasteiger charge is 2.30. The molecule has 0 aliphatic carbocycles. The molecule has 0 radical (unpaired) electrons. The standard InChI is InChI=1S/C17H17ClFNO2S/c18-12-3-1-4-13(19)15(12)17(22)20-8-6-11(7-9-20)16(21)14-5-2-10-23-14/h1-5,10-11,16,21H,6-9H2. The average Bonchev–Trinajstić information content (AvgIpc) is 3.08. The summed E-state index contributed by atoms with van der Waals surface area (Å²) in [6, 6.07) is 8.09. The first-order valence-corrected chi connectivity index (χ1v) is 8.78. The highest BCUT2D eigenvalue weighted by Crippen LogP contribution is 2.33. The molecule has 2 heterocycles. The summed E-state index contributed by atoms with van der Waals surface area (Å²) < 4.78 is 13.9. The average molecular weight is 354 g/mol. The van der Waals surface area contributed by atoms with Crippen molar-refractivity contribution in [2.75, 3.05) is 13.1 Å². The maximum Gasteiger partial charge on any atom is 0.258 e. The predicted molar refractivity (Wildman–Crippen MR) is 89.3 cm³/mol. The monoisotopic (exact) mass is 353 g/mol. The van der Waals surface area contributed by atoms with Crippen molar-refractivity contribution in [3.63, 3.8) is 0 Å². The van der Waals surface area contributed by atoms with Crippen LogP contribution in [0.15, 0.2) is 35.7 Å². The third-order valence-corrected chi connectivity index (χ3v) is 5.54. The second kappa shape index (κ2) is 6.99. The second-order valence-corrected chi connectivity index (χ2v) is 7.07. The molecule has 122 valence electrons. The summed E-state index contributed by atoms with van der Waals surface area (Å²) in [6.45, 7) is 0.993. The van der Waals surface area contributed by atoms with Crippen LogP contribution in [0.3, 0.4) is 0 Å². The molecule has 0 bridgehead atoms. The van der Waals surface area contributed by atoms with Crippen LogP contribution in [-0.2, 0) is 0 Å². The fraction of sp³-hybridized carbons (Fsp3) is 0.353. The first-order valence-electron chi connectivity index (χ1n) is 7.52. The summed E-state index contributed by atoms with van der Waals surface area (Å²) in [7, 11) is 0. The number of aliphatic hydroxyl groups is 1. The van der Waals surface area contributed by atoms with Crippen molar-refractivity contribution < 1.29 is 14.3 Å². The molecule has 1 fully saturated rings. The van der Waals surface area contributed by atoms with Gasteiger partial charge >= 0.3 is 0 Å². The maximum absolute atomic E-state index is 13.9. The van der Waals surface area contributed by atoms with E-state index in [9.17, 15) is 14.3 Å². The fourth-order valence-electron chi connectivity index (χ4n) is 2.97. The van der Waals surface area contributed by atoms with Crippen LogP contribution >= 0.6 is 22.9 Å². The highest BCUT2D eigenvalue weighted by atomic mass is 35.5. The number of piperidine rings is 1. The van der Waals surface area contributed by atoms with Crippen LogP contribution in [-0.4, -0.2) is 29.0 Å². The lowest BCUT2D eigenvalue weighted by Gasteiger charge is -2.34. The van der Waals surface area contributed by atoms with Crippen LogP contribution in [0.2, 0.25) is 5.02 Å². The van der Waals surface area contributed by atoms with Crippen molar-refractivity contribution in [1.82, 2.24) is 4.90 Å². The van der Waals surface area contributed by atoms with Crippen molar-refractivity contribution in [3.05, 3.63) is 57.0 Å². The van der Waals surface area contributed by atoms with Gasteiger partial charge in [0.25, 0.3) is 5.91 Å². The van der Waals surface area contributed by atoms with E-state index in [-0.39, 0.29) is 22.4 Å². The molecular weight excluding hydrogens is 337 g/mol. The van der Waals surface area contributed by atoms with E-state index in [1.165, 1.54) is 29.5 Å². The van der Waals surface area contributed by atoms with Crippen LogP contribution in [0, 0.1) is 11.7 Å². The third kappa shape index (κ3) is 3.42. The van der Waals surface area contributed by atoms with Crippen molar-refractivity contribution in [3.8, 4) is 0 Å². The number of halogens is 2. The lowest BCUT2D eigenvalue weighted by Crippen LogP contribution is -2.40. The van der Waals surface area contributed by atoms with Crippen molar-refractivity contribution >= 4 is 28.8 Å². The van der Waals surface area contributed by atoms with E-state index in [1.807, 2.05) is 17.5 Å². The Hall–Kier alpha value is -1.43. The second-order valence-electron chi connectivity index (χ2n) is 5.69. The largest absolute Gasteiger partial charge is 0.387 e. The molecule has 1 atom stereocenters. The minimum Gasteiger partial charge on any atom is -0.387 e. The smallest absolute Gasteiger partial charge is 0.258 e. The lowest BCUT2D eigenvalue weighted by molar-refractivity contribution is 0.0471. The molecule has 1 aliphatic rings. The molecule has 3 nitrogen and oxygen atoms in total. The molecule has 1 N–H and O–H groups in total. The molecule has 1 aromatic heterocycles. The predicted octanol–water partition coefficient (Wildman–Crippen LogP) is 4.13. The van der Waals surface area contributed by atoms with Gasteiger partial charge in [-0.3, -0.25) is 4.79 Å². The Morgan fingerprint density at radius 3 is 2.65 bits per heavy atom. The molecule has 1 amide bonds. The zero-order chi connectivity index (χ0) is 16.4. The molecule has 1 unspecified atom stereocenters. The molecule has 6 heteroatoms. The van der Waals surface area contributed by atoms with Gasteiger partial charge in [-0.1, -0.05) is 23.7 Å². The number of carbonyl (C=O) groups excluding carboxylic acids is 1. The highest BCUT2D eigenvalue weighted by molar-refractivity contribution is 7.10. The van der Waals surface area contributed by atoms with Gasteiger partial charge in [-0.05, 0) is 42.3 Å². The van der Waals surface area contributed by atoms with Gasteiger partial charge in [0.15, 0.2) is 0 Å². The quantitative estimate of drug-likeness (QED) is 0.901. The zero-order valence-electron chi connectivity index (χ0n) is 12.4. The van der Waals surface area contributed by atoms with Gasteiger partial charge in [-0.25, -0.2) is 4.39 Å². The maximum atomic E-state index is 13.9. The summed E-state index contributed by atoms with van der Waals surface area (Å²) >= 11 is 7.50. The number of rotatable bonds is 3. The van der Waals surface area contributed by atoms with Crippen molar-refractivity contribution in [2.45, 2.75) is 18.9 Å². The normalized spacial score (nSPS) is 17.3. The SMILES string of the molecule is O=C(c1c(F)cccc1Cl)N1CCC(C(O)c2cccs2)CC1. The Labute approximate surface area is 143 Å². The van der Waals surface area contributed by atoms with E-state index in [0.717, 1.165) is 4.88 Å². The van der Waals surface area contributed by atoms with Crippen molar-refractivity contribution in [2.24, 2.45) is 5.92 Å². The summed E-state index contributed by atoms with van der Waals surface area (Å²) in [6.07, 6.45) is 0.887. The Morgan fingerprint density at radius 1 is 1.30 bits per heavy atom. The lowest BCUT2D eigenvalue weighted by atomic mass is 9.90. The van der Waals surface area contributed by atoms with Gasteiger partial charge in [-0.15, -0.1) is 11.3 Å². The van der Waals surface area contributed by atoms with E-state index in [2.05, 4.69) is 0 Å². The summed E-state index contributed by atoms with van der Waals surface area (Å²) in [5.74, 6) is -0.853. The summed E-state index contributed by atoms with van der Waals surface area (Å²) in [5, 5.41) is 12.5. The topological polar surface area (TPSA) is 40.5 Å². The molecule has 1 aromatic carbocycles. The van der Waals surface area contributed by atoms with Gasteiger partial charge in [0.1, 0.15) is 5.82 Å². The number of hydrogen-bond acceptors (Lipinski definition) is 3. The van der Waals surface area contributed by atoms with E-state index in [4.69, 9.17) is 11.6 Å². The summed E-state index contributed by atoms with van der Waals surface area (Å²) in [5.41, 5.74) is -0.0635. The van der Waals surface area contributed by atoms with E-state index >= 15 is 0 Å². The molecule has 2 aromatic rings. The van der Waals surface area contributed by atoms with Gasteiger partial charge in [-0.2, -0.15) is 0 Å². The number of amides is 1. The van der Waals surface area contributed by atoms with Crippen molar-refractivity contribution in [1.29, 1.82) is 0 Å². The number of likely N-dealkylation sites (tertiary alicyclic amines) is 1.